The average Bonchev–Trinajstić information content (AvgIpc) is 2.99. The predicted octanol–water partition coefficient (Wildman–Crippen LogP) is 4.19. The minimum atomic E-state index is -0.342. The van der Waals surface area contributed by atoms with E-state index >= 15 is 0 Å². The molecule has 1 aromatic carbocycles. The van der Waals surface area contributed by atoms with Gasteiger partial charge in [0.2, 0.25) is 0 Å². The molecular formula is C19H18BrN3O5S2. The van der Waals surface area contributed by atoms with E-state index in [2.05, 4.69) is 25.9 Å². The summed E-state index contributed by atoms with van der Waals surface area (Å²) in [6.45, 7) is 0.271. The van der Waals surface area contributed by atoms with Crippen LogP contribution in [0.25, 0.3) is 6.08 Å². The van der Waals surface area contributed by atoms with Crippen molar-refractivity contribution < 1.29 is 23.8 Å². The Balaban J connectivity index is 1.88. The average molecular weight is 512 g/mol. The van der Waals surface area contributed by atoms with E-state index in [4.69, 9.17) is 14.2 Å². The zero-order valence-electron chi connectivity index (χ0n) is 16.4. The summed E-state index contributed by atoms with van der Waals surface area (Å²) >= 11 is 5.83. The number of carbonyl (C=O) groups is 2. The van der Waals surface area contributed by atoms with Gasteiger partial charge in [-0.25, -0.2) is 9.97 Å². The zero-order chi connectivity index (χ0) is 21.7. The molecule has 0 spiro atoms. The third-order valence-corrected chi connectivity index (χ3v) is 6.15. The summed E-state index contributed by atoms with van der Waals surface area (Å²) in [7, 11) is 2.98. The van der Waals surface area contributed by atoms with Crippen molar-refractivity contribution in [1.29, 1.82) is 0 Å². The second kappa shape index (κ2) is 10.3. The van der Waals surface area contributed by atoms with Crippen molar-refractivity contribution >= 4 is 56.7 Å². The quantitative estimate of drug-likeness (QED) is 0.224. The summed E-state index contributed by atoms with van der Waals surface area (Å²) in [5.74, 6) is 0.572. The summed E-state index contributed by atoms with van der Waals surface area (Å²) < 4.78 is 17.2. The Bertz CT molecular complexity index is 985. The van der Waals surface area contributed by atoms with Gasteiger partial charge in [0.1, 0.15) is 6.61 Å². The van der Waals surface area contributed by atoms with Crippen LogP contribution in [0.5, 0.6) is 11.5 Å². The lowest BCUT2D eigenvalue weighted by molar-refractivity contribution is -0.121. The van der Waals surface area contributed by atoms with Crippen molar-refractivity contribution in [2.24, 2.45) is 0 Å². The van der Waals surface area contributed by atoms with E-state index < -0.39 is 0 Å². The lowest BCUT2D eigenvalue weighted by Gasteiger charge is -2.14. The monoisotopic (exact) mass is 511 g/mol. The lowest BCUT2D eigenvalue weighted by atomic mass is 10.2. The highest BCUT2D eigenvalue weighted by Crippen LogP contribution is 2.38. The van der Waals surface area contributed by atoms with Crippen molar-refractivity contribution in [3.8, 4) is 11.5 Å². The number of benzene rings is 1. The standard InChI is InChI=1S/C19H18BrN3O5S2/c1-23-17(24)16(30-19(23)25)5-12-4-14(15(6-13(12)20)28-10-26-2)27-9-11-7-21-18(29-3)22-8-11/h4-8H,9-10H2,1-3H3/b16-5-. The topological polar surface area (TPSA) is 90.9 Å². The number of hydrogen-bond acceptors (Lipinski definition) is 9. The summed E-state index contributed by atoms with van der Waals surface area (Å²) in [5, 5.41) is 0.367. The van der Waals surface area contributed by atoms with Gasteiger partial charge in [0.25, 0.3) is 11.1 Å². The Hall–Kier alpha value is -2.08. The van der Waals surface area contributed by atoms with Crippen LogP contribution in [0.4, 0.5) is 4.79 Å². The molecule has 1 aromatic heterocycles. The second-order valence-electron chi connectivity index (χ2n) is 5.98. The highest BCUT2D eigenvalue weighted by atomic mass is 79.9. The van der Waals surface area contributed by atoms with E-state index in [0.29, 0.717) is 31.6 Å². The molecule has 0 radical (unpaired) electrons. The van der Waals surface area contributed by atoms with Crippen LogP contribution >= 0.6 is 39.5 Å². The van der Waals surface area contributed by atoms with Crippen LogP contribution in [-0.4, -0.2) is 53.2 Å². The summed E-state index contributed by atoms with van der Waals surface area (Å²) in [6.07, 6.45) is 6.94. The van der Waals surface area contributed by atoms with Gasteiger partial charge in [0, 0.05) is 36.6 Å². The molecule has 0 aliphatic carbocycles. The first-order valence-corrected chi connectivity index (χ1v) is 11.4. The number of thioether (sulfide) groups is 2. The fourth-order valence-corrected chi connectivity index (χ4v) is 3.95. The van der Waals surface area contributed by atoms with Crippen molar-refractivity contribution in [2.75, 3.05) is 27.2 Å². The molecule has 2 heterocycles. The van der Waals surface area contributed by atoms with Gasteiger partial charge in [-0.2, -0.15) is 0 Å². The summed E-state index contributed by atoms with van der Waals surface area (Å²) in [6, 6.07) is 3.46. The number of rotatable bonds is 8. The molecule has 0 bridgehead atoms. The van der Waals surface area contributed by atoms with Gasteiger partial charge in [-0.3, -0.25) is 14.5 Å². The Morgan fingerprint density at radius 1 is 1.20 bits per heavy atom. The number of halogens is 1. The maximum absolute atomic E-state index is 12.2. The van der Waals surface area contributed by atoms with E-state index in [9.17, 15) is 9.59 Å². The van der Waals surface area contributed by atoms with Crippen LogP contribution in [0.1, 0.15) is 11.1 Å². The number of likely N-dealkylation sites (N-methyl/N-ethyl adjacent to an activating group) is 1. The Morgan fingerprint density at radius 2 is 1.90 bits per heavy atom. The maximum Gasteiger partial charge on any atom is 0.293 e. The summed E-state index contributed by atoms with van der Waals surface area (Å²) in [5.41, 5.74) is 1.46. The fourth-order valence-electron chi connectivity index (χ4n) is 2.38. The van der Waals surface area contributed by atoms with Gasteiger partial charge in [0.05, 0.1) is 4.91 Å². The lowest BCUT2D eigenvalue weighted by Crippen LogP contribution is -2.22. The van der Waals surface area contributed by atoms with E-state index in [1.807, 2.05) is 6.26 Å². The molecule has 11 heteroatoms. The Kier molecular flexibility index (Phi) is 7.75. The number of amides is 2. The number of hydrogen-bond donors (Lipinski definition) is 0. The zero-order valence-corrected chi connectivity index (χ0v) is 19.6. The molecule has 30 heavy (non-hydrogen) atoms. The molecule has 0 N–H and O–H groups in total. The van der Waals surface area contributed by atoms with Crippen molar-refractivity contribution in [1.82, 2.24) is 14.9 Å². The number of carbonyl (C=O) groups excluding carboxylic acids is 2. The van der Waals surface area contributed by atoms with Gasteiger partial charge in [-0.15, -0.1) is 0 Å². The van der Waals surface area contributed by atoms with Crippen LogP contribution in [0.2, 0.25) is 0 Å². The third-order valence-electron chi connectivity index (χ3n) is 3.93. The molecule has 1 fully saturated rings. The highest BCUT2D eigenvalue weighted by molar-refractivity contribution is 9.10. The molecule has 8 nitrogen and oxygen atoms in total. The predicted molar refractivity (Wildman–Crippen MR) is 119 cm³/mol. The van der Waals surface area contributed by atoms with Crippen LogP contribution in [0, 0.1) is 0 Å². The maximum atomic E-state index is 12.2. The smallest absolute Gasteiger partial charge is 0.293 e. The number of imide groups is 1. The van der Waals surface area contributed by atoms with Crippen LogP contribution < -0.4 is 9.47 Å². The number of aromatic nitrogens is 2. The van der Waals surface area contributed by atoms with E-state index in [0.717, 1.165) is 22.2 Å². The fraction of sp³-hybridized carbons (Fsp3) is 0.263. The molecule has 0 atom stereocenters. The van der Waals surface area contributed by atoms with Gasteiger partial charge in [-0.1, -0.05) is 27.7 Å². The highest BCUT2D eigenvalue weighted by Gasteiger charge is 2.32. The van der Waals surface area contributed by atoms with Crippen molar-refractivity contribution in [2.45, 2.75) is 11.8 Å². The molecule has 1 aliphatic rings. The Morgan fingerprint density at radius 3 is 2.50 bits per heavy atom. The number of ether oxygens (including phenoxy) is 3. The SMILES string of the molecule is COCOc1cc(Br)c(/C=C2\SC(=O)N(C)C2=O)cc1OCc1cnc(SC)nc1. The van der Waals surface area contributed by atoms with Gasteiger partial charge < -0.3 is 14.2 Å². The number of nitrogens with zero attached hydrogens (tertiary/aromatic N) is 3. The van der Waals surface area contributed by atoms with E-state index in [-0.39, 0.29) is 24.5 Å². The van der Waals surface area contributed by atoms with Crippen molar-refractivity contribution in [3.63, 3.8) is 0 Å². The Labute approximate surface area is 190 Å². The molecule has 0 unspecified atom stereocenters. The molecule has 2 aromatic rings. The molecule has 0 saturated carbocycles. The molecule has 2 amide bonds. The normalized spacial score (nSPS) is 15.2. The van der Waals surface area contributed by atoms with Gasteiger partial charge >= 0.3 is 0 Å². The second-order valence-corrected chi connectivity index (χ2v) is 8.60. The molecule has 3 rings (SSSR count). The van der Waals surface area contributed by atoms with E-state index in [1.165, 1.54) is 25.9 Å². The van der Waals surface area contributed by atoms with Crippen LogP contribution in [0.15, 0.2) is 39.1 Å². The molecule has 1 aliphatic heterocycles. The van der Waals surface area contributed by atoms with Crippen molar-refractivity contribution in [3.05, 3.63) is 45.0 Å². The summed E-state index contributed by atoms with van der Waals surface area (Å²) in [4.78, 5) is 33.8. The first kappa shape index (κ1) is 22.6. The first-order valence-electron chi connectivity index (χ1n) is 8.57. The number of methoxy groups -OCH3 is 1. The van der Waals surface area contributed by atoms with Crippen LogP contribution in [-0.2, 0) is 16.1 Å². The van der Waals surface area contributed by atoms with E-state index in [1.54, 1.807) is 30.6 Å². The van der Waals surface area contributed by atoms with Crippen LogP contribution in [0.3, 0.4) is 0 Å². The van der Waals surface area contributed by atoms with Gasteiger partial charge in [0.15, 0.2) is 23.4 Å². The first-order chi connectivity index (χ1) is 14.4. The third kappa shape index (κ3) is 5.34. The largest absolute Gasteiger partial charge is 0.485 e. The minimum Gasteiger partial charge on any atom is -0.485 e. The minimum absolute atomic E-state index is 0.0440. The molecular weight excluding hydrogens is 494 g/mol. The van der Waals surface area contributed by atoms with Gasteiger partial charge in [-0.05, 0) is 41.8 Å². The molecule has 1 saturated heterocycles. The molecule has 158 valence electrons.